The van der Waals surface area contributed by atoms with Crippen LogP contribution in [0.2, 0.25) is 0 Å². The van der Waals surface area contributed by atoms with Crippen LogP contribution in [0.1, 0.15) is 52.0 Å². The molecule has 0 radical (unpaired) electrons. The van der Waals surface area contributed by atoms with E-state index in [1.54, 1.807) is 11.0 Å². The molecule has 6 nitrogen and oxygen atoms in total. The van der Waals surface area contributed by atoms with Crippen molar-refractivity contribution in [2.75, 3.05) is 6.54 Å². The number of hydrogen-bond acceptors (Lipinski definition) is 4. The molecule has 0 spiro atoms. The number of fused-ring (bicyclic) bond motifs is 2. The maximum Gasteiger partial charge on any atom is 0.276 e. The van der Waals surface area contributed by atoms with Crippen LogP contribution >= 0.6 is 0 Å². The van der Waals surface area contributed by atoms with Crippen molar-refractivity contribution >= 4 is 5.91 Å². The van der Waals surface area contributed by atoms with Crippen molar-refractivity contribution < 1.29 is 23.1 Å². The third-order valence-electron chi connectivity index (χ3n) is 6.69. The van der Waals surface area contributed by atoms with E-state index in [2.05, 4.69) is 5.10 Å². The van der Waals surface area contributed by atoms with Gasteiger partial charge < -0.3 is 10.0 Å². The lowest BCUT2D eigenvalue weighted by atomic mass is 9.78. The normalized spacial score (nSPS) is 20.5. The molecule has 2 aliphatic rings. The van der Waals surface area contributed by atoms with E-state index in [1.165, 1.54) is 35.9 Å². The monoisotopic (exact) mass is 455 g/mol. The highest BCUT2D eigenvalue weighted by Crippen LogP contribution is 2.46. The number of hydrogen-bond donors (Lipinski definition) is 1. The largest absolute Gasteiger partial charge is 0.502 e. The van der Waals surface area contributed by atoms with Gasteiger partial charge in [-0.05, 0) is 54.7 Å². The first kappa shape index (κ1) is 21.2. The second-order valence-corrected chi connectivity index (χ2v) is 8.46. The van der Waals surface area contributed by atoms with Crippen molar-refractivity contribution in [2.24, 2.45) is 0 Å². The van der Waals surface area contributed by atoms with Crippen LogP contribution in [0.3, 0.4) is 0 Å². The molecule has 33 heavy (non-hydrogen) atoms. The Balaban J connectivity index is 1.82. The molecular formula is C24H20F3N3O3. The zero-order valence-corrected chi connectivity index (χ0v) is 17.6. The second kappa shape index (κ2) is 7.75. The summed E-state index contributed by atoms with van der Waals surface area (Å²) in [6.45, 7) is 1.85. The third kappa shape index (κ3) is 3.21. The lowest BCUT2D eigenvalue weighted by Crippen LogP contribution is -2.51. The van der Waals surface area contributed by atoms with Crippen molar-refractivity contribution in [3.8, 4) is 5.75 Å². The predicted molar refractivity (Wildman–Crippen MR) is 113 cm³/mol. The summed E-state index contributed by atoms with van der Waals surface area (Å²) in [5.74, 6) is -4.51. The van der Waals surface area contributed by atoms with E-state index in [-0.39, 0.29) is 11.3 Å². The first-order valence-electron chi connectivity index (χ1n) is 10.6. The summed E-state index contributed by atoms with van der Waals surface area (Å²) >= 11 is 0. The minimum Gasteiger partial charge on any atom is -0.502 e. The number of rotatable bonds is 3. The molecule has 0 saturated carbocycles. The van der Waals surface area contributed by atoms with Gasteiger partial charge in [0, 0.05) is 12.5 Å². The predicted octanol–water partition coefficient (Wildman–Crippen LogP) is 3.67. The first-order valence-corrected chi connectivity index (χ1v) is 10.6. The summed E-state index contributed by atoms with van der Waals surface area (Å²) < 4.78 is 44.2. The topological polar surface area (TPSA) is 75.4 Å². The van der Waals surface area contributed by atoms with Gasteiger partial charge in [-0.3, -0.25) is 14.3 Å². The van der Waals surface area contributed by atoms with Crippen LogP contribution in [0.15, 0.2) is 47.4 Å². The van der Waals surface area contributed by atoms with Gasteiger partial charge in [0.25, 0.3) is 5.91 Å². The second-order valence-electron chi connectivity index (χ2n) is 8.46. The number of amides is 1. The minimum atomic E-state index is -1.01. The molecule has 1 N–H and O–H groups in total. The molecule has 1 aromatic heterocycles. The SMILES string of the molecule is Cc1c([C@@H](c2cccc(F)c2)[C@H]2[C@H]3CCCN3C(=O)c3c(O)c(=O)cnn32)ccc(F)c1F. The molecule has 170 valence electrons. The standard InChI is InChI=1S/C24H20F3N3O3/c1-12-15(7-8-16(26)20(12)27)19(13-4-2-5-14(25)10-13)21-17-6-3-9-29(17)24(33)22-23(32)18(31)11-28-30(21)22/h2,4-5,7-8,10-11,17,19,21,32H,3,6,9H2,1H3/t17-,19-,21-/m1/s1. The summed E-state index contributed by atoms with van der Waals surface area (Å²) in [4.78, 5) is 26.8. The molecule has 1 amide bonds. The summed E-state index contributed by atoms with van der Waals surface area (Å²) in [5.41, 5.74) is -0.125. The van der Waals surface area contributed by atoms with Crippen LogP contribution in [0, 0.1) is 24.4 Å². The van der Waals surface area contributed by atoms with Crippen LogP contribution in [-0.2, 0) is 0 Å². The third-order valence-corrected chi connectivity index (χ3v) is 6.69. The number of carbonyl (C=O) groups excluding carboxylic acids is 1. The number of carbonyl (C=O) groups is 1. The van der Waals surface area contributed by atoms with Crippen LogP contribution in [0.4, 0.5) is 13.2 Å². The van der Waals surface area contributed by atoms with Gasteiger partial charge in [-0.1, -0.05) is 18.2 Å². The van der Waals surface area contributed by atoms with Crippen LogP contribution in [-0.4, -0.2) is 38.3 Å². The summed E-state index contributed by atoms with van der Waals surface area (Å²) in [5, 5.41) is 14.6. The fourth-order valence-corrected chi connectivity index (χ4v) is 5.21. The summed E-state index contributed by atoms with van der Waals surface area (Å²) in [7, 11) is 0. The number of benzene rings is 2. The average Bonchev–Trinajstić information content (AvgIpc) is 3.28. The Kier molecular flexibility index (Phi) is 4.99. The number of aromatic nitrogens is 2. The molecule has 3 atom stereocenters. The molecule has 0 unspecified atom stereocenters. The Labute approximate surface area is 186 Å². The molecular weight excluding hydrogens is 435 g/mol. The molecule has 0 bridgehead atoms. The smallest absolute Gasteiger partial charge is 0.276 e. The highest BCUT2D eigenvalue weighted by molar-refractivity contribution is 5.96. The Morgan fingerprint density at radius 3 is 2.70 bits per heavy atom. The molecule has 9 heteroatoms. The zero-order chi connectivity index (χ0) is 23.4. The average molecular weight is 455 g/mol. The van der Waals surface area contributed by atoms with Crippen molar-refractivity contribution in [3.05, 3.63) is 92.7 Å². The molecule has 3 heterocycles. The number of halogens is 3. The van der Waals surface area contributed by atoms with Crippen molar-refractivity contribution in [1.82, 2.24) is 14.7 Å². The quantitative estimate of drug-likeness (QED) is 0.654. The van der Waals surface area contributed by atoms with Gasteiger partial charge in [0.2, 0.25) is 5.43 Å². The van der Waals surface area contributed by atoms with Gasteiger partial charge in [-0.15, -0.1) is 0 Å². The van der Waals surface area contributed by atoms with Gasteiger partial charge >= 0.3 is 0 Å². The summed E-state index contributed by atoms with van der Waals surface area (Å²) in [6, 6.07) is 7.14. The van der Waals surface area contributed by atoms with Gasteiger partial charge in [0.1, 0.15) is 5.82 Å². The highest BCUT2D eigenvalue weighted by Gasteiger charge is 2.48. The lowest BCUT2D eigenvalue weighted by molar-refractivity contribution is 0.0564. The van der Waals surface area contributed by atoms with Crippen molar-refractivity contribution in [2.45, 2.75) is 37.8 Å². The van der Waals surface area contributed by atoms with Gasteiger partial charge in [-0.25, -0.2) is 13.2 Å². The molecule has 1 fully saturated rings. The van der Waals surface area contributed by atoms with Gasteiger partial charge in [0.05, 0.1) is 18.3 Å². The Morgan fingerprint density at radius 1 is 1.15 bits per heavy atom. The molecule has 5 rings (SSSR count). The van der Waals surface area contributed by atoms with Crippen LogP contribution in [0.5, 0.6) is 5.75 Å². The molecule has 2 aliphatic heterocycles. The molecule has 3 aromatic rings. The number of nitrogens with zero attached hydrogens (tertiary/aromatic N) is 3. The van der Waals surface area contributed by atoms with Crippen LogP contribution in [0.25, 0.3) is 0 Å². The van der Waals surface area contributed by atoms with Crippen molar-refractivity contribution in [3.63, 3.8) is 0 Å². The highest BCUT2D eigenvalue weighted by atomic mass is 19.2. The van der Waals surface area contributed by atoms with E-state index in [9.17, 15) is 27.9 Å². The van der Waals surface area contributed by atoms with E-state index in [1.807, 2.05) is 0 Å². The molecule has 0 aliphatic carbocycles. The van der Waals surface area contributed by atoms with Crippen LogP contribution < -0.4 is 5.43 Å². The Bertz CT molecular complexity index is 1340. The van der Waals surface area contributed by atoms with E-state index in [0.29, 0.717) is 30.5 Å². The number of aromatic hydroxyl groups is 1. The maximum atomic E-state index is 14.6. The maximum absolute atomic E-state index is 14.6. The summed E-state index contributed by atoms with van der Waals surface area (Å²) in [6.07, 6.45) is 2.20. The fourth-order valence-electron chi connectivity index (χ4n) is 5.21. The van der Waals surface area contributed by atoms with Crippen molar-refractivity contribution in [1.29, 1.82) is 0 Å². The van der Waals surface area contributed by atoms with Gasteiger partial charge in [0.15, 0.2) is 23.1 Å². The Morgan fingerprint density at radius 2 is 1.94 bits per heavy atom. The molecule has 1 saturated heterocycles. The van der Waals surface area contributed by atoms with E-state index < -0.39 is 52.5 Å². The van der Waals surface area contributed by atoms with E-state index in [4.69, 9.17) is 0 Å². The zero-order valence-electron chi connectivity index (χ0n) is 17.6. The minimum absolute atomic E-state index is 0.0533. The lowest BCUT2D eigenvalue weighted by Gasteiger charge is -2.43. The Hall–Kier alpha value is -3.62. The van der Waals surface area contributed by atoms with E-state index >= 15 is 0 Å². The molecule has 2 aromatic carbocycles. The van der Waals surface area contributed by atoms with Gasteiger partial charge in [-0.2, -0.15) is 5.10 Å². The fraction of sp³-hybridized carbons (Fsp3) is 0.292. The first-order chi connectivity index (χ1) is 15.8. The van der Waals surface area contributed by atoms with E-state index in [0.717, 1.165) is 12.3 Å².